The number of benzene rings is 2. The van der Waals surface area contributed by atoms with Crippen molar-refractivity contribution < 1.29 is 9.59 Å². The van der Waals surface area contributed by atoms with E-state index in [9.17, 15) is 9.59 Å². The van der Waals surface area contributed by atoms with Crippen molar-refractivity contribution in [3.8, 4) is 0 Å². The molecule has 2 aromatic carbocycles. The van der Waals surface area contributed by atoms with E-state index >= 15 is 0 Å². The van der Waals surface area contributed by atoms with Crippen LogP contribution in [0.2, 0.25) is 0 Å². The lowest BCUT2D eigenvalue weighted by Crippen LogP contribution is -2.50. The van der Waals surface area contributed by atoms with E-state index in [1.165, 1.54) is 11.1 Å². The standard InChI is InChI=1S/C28H37N3O2/c1-29(22-24-10-6-3-7-11-24)28(33)25-14-18-30(19-15-25)26-16-20-31(21-17-26)27(32)13-12-23-8-4-2-5-9-23/h2-11,25-26H,12-22H2,1H3. The van der Waals surface area contributed by atoms with E-state index in [1.807, 2.05) is 53.2 Å². The van der Waals surface area contributed by atoms with Gasteiger partial charge in [0.05, 0.1) is 0 Å². The molecule has 2 aliphatic rings. The number of hydrogen-bond donors (Lipinski definition) is 0. The largest absolute Gasteiger partial charge is 0.343 e. The van der Waals surface area contributed by atoms with Gasteiger partial charge in [0.2, 0.25) is 11.8 Å². The average molecular weight is 448 g/mol. The topological polar surface area (TPSA) is 43.9 Å². The zero-order valence-electron chi connectivity index (χ0n) is 19.9. The van der Waals surface area contributed by atoms with Crippen LogP contribution in [0.15, 0.2) is 60.7 Å². The summed E-state index contributed by atoms with van der Waals surface area (Å²) in [5.41, 5.74) is 2.41. The van der Waals surface area contributed by atoms with Crippen LogP contribution in [0.4, 0.5) is 0 Å². The molecule has 0 atom stereocenters. The third-order valence-electron chi connectivity index (χ3n) is 7.32. The van der Waals surface area contributed by atoms with Gasteiger partial charge in [-0.3, -0.25) is 9.59 Å². The van der Waals surface area contributed by atoms with Crippen LogP contribution in [0.5, 0.6) is 0 Å². The number of amides is 2. The van der Waals surface area contributed by atoms with E-state index in [2.05, 4.69) is 29.2 Å². The molecule has 2 heterocycles. The summed E-state index contributed by atoms with van der Waals surface area (Å²) >= 11 is 0. The molecule has 0 unspecified atom stereocenters. The van der Waals surface area contributed by atoms with Crippen LogP contribution in [0.25, 0.3) is 0 Å². The van der Waals surface area contributed by atoms with E-state index in [1.54, 1.807) is 0 Å². The maximum Gasteiger partial charge on any atom is 0.225 e. The van der Waals surface area contributed by atoms with Gasteiger partial charge in [0.15, 0.2) is 0 Å². The minimum atomic E-state index is 0.134. The number of carbonyl (C=O) groups excluding carboxylic acids is 2. The van der Waals surface area contributed by atoms with Gasteiger partial charge in [-0.15, -0.1) is 0 Å². The summed E-state index contributed by atoms with van der Waals surface area (Å²) in [5.74, 6) is 0.690. The molecule has 0 bridgehead atoms. The van der Waals surface area contributed by atoms with Crippen LogP contribution in [0, 0.1) is 5.92 Å². The first-order valence-corrected chi connectivity index (χ1v) is 12.4. The Morgan fingerprint density at radius 1 is 0.818 bits per heavy atom. The van der Waals surface area contributed by atoms with E-state index in [0.29, 0.717) is 19.0 Å². The summed E-state index contributed by atoms with van der Waals surface area (Å²) in [7, 11) is 1.92. The fourth-order valence-corrected chi connectivity index (χ4v) is 5.29. The molecule has 0 aliphatic carbocycles. The molecule has 0 N–H and O–H groups in total. The quantitative estimate of drug-likeness (QED) is 0.645. The van der Waals surface area contributed by atoms with Gasteiger partial charge < -0.3 is 14.7 Å². The highest BCUT2D eigenvalue weighted by molar-refractivity contribution is 5.78. The first-order chi connectivity index (χ1) is 16.1. The van der Waals surface area contributed by atoms with E-state index in [4.69, 9.17) is 0 Å². The summed E-state index contributed by atoms with van der Waals surface area (Å²) in [6, 6.07) is 21.0. The Balaban J connectivity index is 1.17. The fraction of sp³-hybridized carbons (Fsp3) is 0.500. The molecule has 33 heavy (non-hydrogen) atoms. The minimum Gasteiger partial charge on any atom is -0.343 e. The highest BCUT2D eigenvalue weighted by Gasteiger charge is 2.32. The molecule has 2 amide bonds. The number of hydrogen-bond acceptors (Lipinski definition) is 3. The fourth-order valence-electron chi connectivity index (χ4n) is 5.29. The number of rotatable bonds is 7. The van der Waals surface area contributed by atoms with Crippen LogP contribution in [-0.2, 0) is 22.6 Å². The molecule has 0 spiro atoms. The molecular weight excluding hydrogens is 410 g/mol. The minimum absolute atomic E-state index is 0.134. The van der Waals surface area contributed by atoms with E-state index < -0.39 is 0 Å². The second-order valence-corrected chi connectivity index (χ2v) is 9.59. The van der Waals surface area contributed by atoms with Gasteiger partial charge in [-0.25, -0.2) is 0 Å². The zero-order valence-corrected chi connectivity index (χ0v) is 19.9. The van der Waals surface area contributed by atoms with Crippen molar-refractivity contribution in [1.82, 2.24) is 14.7 Å². The molecule has 2 aromatic rings. The van der Waals surface area contributed by atoms with Gasteiger partial charge in [-0.05, 0) is 56.3 Å². The lowest BCUT2D eigenvalue weighted by molar-refractivity contribution is -0.137. The van der Waals surface area contributed by atoms with Crippen LogP contribution in [0.3, 0.4) is 0 Å². The molecule has 0 radical (unpaired) electrons. The SMILES string of the molecule is CN(Cc1ccccc1)C(=O)C1CCN(C2CCN(C(=O)CCc3ccccc3)CC2)CC1. The van der Waals surface area contributed by atoms with Crippen molar-refractivity contribution in [2.24, 2.45) is 5.92 Å². The monoisotopic (exact) mass is 447 g/mol. The van der Waals surface area contributed by atoms with Crippen LogP contribution >= 0.6 is 0 Å². The smallest absolute Gasteiger partial charge is 0.225 e. The maximum atomic E-state index is 12.9. The van der Waals surface area contributed by atoms with Crippen molar-refractivity contribution in [1.29, 1.82) is 0 Å². The number of piperidine rings is 2. The molecule has 0 saturated carbocycles. The summed E-state index contributed by atoms with van der Waals surface area (Å²) in [6.45, 7) is 4.37. The van der Waals surface area contributed by atoms with Crippen LogP contribution in [0.1, 0.15) is 43.2 Å². The van der Waals surface area contributed by atoms with Gasteiger partial charge in [0.1, 0.15) is 0 Å². The number of likely N-dealkylation sites (tertiary alicyclic amines) is 2. The average Bonchev–Trinajstić information content (AvgIpc) is 2.88. The Labute approximate surface area is 198 Å². The summed E-state index contributed by atoms with van der Waals surface area (Å²) in [6.07, 6.45) is 5.38. The number of aryl methyl sites for hydroxylation is 1. The Kier molecular flexibility index (Phi) is 8.16. The highest BCUT2D eigenvalue weighted by atomic mass is 16.2. The van der Waals surface area contributed by atoms with Gasteiger partial charge in [0, 0.05) is 45.1 Å². The van der Waals surface area contributed by atoms with Crippen molar-refractivity contribution in [2.75, 3.05) is 33.2 Å². The second-order valence-electron chi connectivity index (χ2n) is 9.59. The number of nitrogens with zero attached hydrogens (tertiary/aromatic N) is 3. The second kappa shape index (κ2) is 11.5. The normalized spacial score (nSPS) is 18.3. The first kappa shape index (κ1) is 23.5. The Morgan fingerprint density at radius 3 is 2.00 bits per heavy atom. The Morgan fingerprint density at radius 2 is 1.39 bits per heavy atom. The molecule has 0 aromatic heterocycles. The predicted octanol–water partition coefficient (Wildman–Crippen LogP) is 3.98. The third-order valence-corrected chi connectivity index (χ3v) is 7.32. The molecule has 2 aliphatic heterocycles. The van der Waals surface area contributed by atoms with Gasteiger partial charge in [-0.1, -0.05) is 60.7 Å². The Bertz CT molecular complexity index is 886. The van der Waals surface area contributed by atoms with Crippen molar-refractivity contribution in [3.63, 3.8) is 0 Å². The zero-order chi connectivity index (χ0) is 23.0. The summed E-state index contributed by atoms with van der Waals surface area (Å²) in [4.78, 5) is 32.1. The highest BCUT2D eigenvalue weighted by Crippen LogP contribution is 2.25. The number of carbonyl (C=O) groups is 2. The maximum absolute atomic E-state index is 12.9. The van der Waals surface area contributed by atoms with Crippen molar-refractivity contribution >= 4 is 11.8 Å². The van der Waals surface area contributed by atoms with Crippen molar-refractivity contribution in [3.05, 3.63) is 71.8 Å². The first-order valence-electron chi connectivity index (χ1n) is 12.4. The van der Waals surface area contributed by atoms with Crippen molar-refractivity contribution in [2.45, 2.75) is 51.1 Å². The van der Waals surface area contributed by atoms with Crippen LogP contribution in [-0.4, -0.2) is 65.8 Å². The third kappa shape index (κ3) is 6.44. The van der Waals surface area contributed by atoms with Gasteiger partial charge in [-0.2, -0.15) is 0 Å². The predicted molar refractivity (Wildman–Crippen MR) is 132 cm³/mol. The van der Waals surface area contributed by atoms with Gasteiger partial charge >= 0.3 is 0 Å². The lowest BCUT2D eigenvalue weighted by atomic mass is 9.92. The molecule has 176 valence electrons. The molecule has 5 heteroatoms. The molecular formula is C28H37N3O2. The molecule has 5 nitrogen and oxygen atoms in total. The lowest BCUT2D eigenvalue weighted by Gasteiger charge is -2.42. The molecule has 4 rings (SSSR count). The summed E-state index contributed by atoms with van der Waals surface area (Å²) in [5, 5.41) is 0. The van der Waals surface area contributed by atoms with Crippen LogP contribution < -0.4 is 0 Å². The molecule has 2 saturated heterocycles. The van der Waals surface area contributed by atoms with E-state index in [-0.39, 0.29) is 17.7 Å². The van der Waals surface area contributed by atoms with E-state index in [0.717, 1.165) is 58.3 Å². The summed E-state index contributed by atoms with van der Waals surface area (Å²) < 4.78 is 0. The van der Waals surface area contributed by atoms with Gasteiger partial charge in [0.25, 0.3) is 0 Å². The molecule has 2 fully saturated rings. The Hall–Kier alpha value is -2.66.